The minimum Gasteiger partial charge on any atom is -0.507 e. The lowest BCUT2D eigenvalue weighted by molar-refractivity contribution is -0.141. The molecule has 1 nitrogen and oxygen atoms in total. The molecule has 0 aromatic heterocycles. The van der Waals surface area contributed by atoms with Crippen molar-refractivity contribution < 1.29 is 5.11 Å². The predicted molar refractivity (Wildman–Crippen MR) is 171 cm³/mol. The number of hydrogen-bond acceptors (Lipinski definition) is 2. The molecule has 1 aromatic rings. The van der Waals surface area contributed by atoms with Gasteiger partial charge in [0.25, 0.3) is 0 Å². The topological polar surface area (TPSA) is 20.2 Å². The monoisotopic (exact) mass is 552 g/mol. The zero-order valence-corrected chi connectivity index (χ0v) is 27.4. The fourth-order valence-electron chi connectivity index (χ4n) is 10.8. The van der Waals surface area contributed by atoms with Gasteiger partial charge in [-0.1, -0.05) is 92.7 Å². The molecule has 0 heterocycles. The summed E-state index contributed by atoms with van der Waals surface area (Å²) in [5, 5.41) is 12.9. The van der Waals surface area contributed by atoms with E-state index in [1.807, 2.05) is 0 Å². The molecule has 5 saturated carbocycles. The summed E-state index contributed by atoms with van der Waals surface area (Å²) in [4.78, 5) is 0. The lowest BCUT2D eigenvalue weighted by Crippen LogP contribution is -2.59. The van der Waals surface area contributed by atoms with Crippen LogP contribution in [0.4, 0.5) is 0 Å². The molecular formula is C37H60OS. The molecular weight excluding hydrogens is 492 g/mol. The Hall–Kier alpha value is -0.630. The van der Waals surface area contributed by atoms with Crippen molar-refractivity contribution in [3.8, 4) is 5.75 Å². The van der Waals surface area contributed by atoms with Crippen molar-refractivity contribution in [3.05, 3.63) is 28.8 Å². The summed E-state index contributed by atoms with van der Waals surface area (Å²) < 4.78 is 0. The molecule has 1 aromatic carbocycles. The van der Waals surface area contributed by atoms with E-state index in [1.165, 1.54) is 113 Å². The van der Waals surface area contributed by atoms with Gasteiger partial charge in [-0.05, 0) is 104 Å². The SMILES string of the molecule is CC(C)CC12CC3CC(CC(C)C)(C1)CC(c1cc(C(C)(C)C)cc(CSC4CCCCCCC4)c1O)(C3)C2. The highest BCUT2D eigenvalue weighted by atomic mass is 32.2. The van der Waals surface area contributed by atoms with E-state index < -0.39 is 0 Å². The van der Waals surface area contributed by atoms with Gasteiger partial charge < -0.3 is 5.11 Å². The first kappa shape index (κ1) is 29.8. The van der Waals surface area contributed by atoms with Crippen molar-refractivity contribution in [1.82, 2.24) is 0 Å². The Kier molecular flexibility index (Phi) is 8.59. The van der Waals surface area contributed by atoms with Crippen molar-refractivity contribution in [3.63, 3.8) is 0 Å². The molecule has 0 saturated heterocycles. The Morgan fingerprint density at radius 1 is 0.821 bits per heavy atom. The highest BCUT2D eigenvalue weighted by Gasteiger charge is 2.63. The largest absolute Gasteiger partial charge is 0.507 e. The Morgan fingerprint density at radius 2 is 1.38 bits per heavy atom. The second kappa shape index (κ2) is 11.2. The minimum absolute atomic E-state index is 0.0929. The second-order valence-corrected chi connectivity index (χ2v) is 18.3. The number of phenols is 1. The van der Waals surface area contributed by atoms with Crippen molar-refractivity contribution in [2.45, 2.75) is 167 Å². The van der Waals surface area contributed by atoms with Crippen LogP contribution >= 0.6 is 11.8 Å². The van der Waals surface area contributed by atoms with Gasteiger partial charge in [0, 0.05) is 27.5 Å². The van der Waals surface area contributed by atoms with Gasteiger partial charge >= 0.3 is 0 Å². The molecule has 220 valence electrons. The van der Waals surface area contributed by atoms with Crippen molar-refractivity contribution in [1.29, 1.82) is 0 Å². The van der Waals surface area contributed by atoms with Crippen LogP contribution in [0.2, 0.25) is 0 Å². The molecule has 0 aliphatic heterocycles. The number of aromatic hydroxyl groups is 1. The van der Waals surface area contributed by atoms with Crippen molar-refractivity contribution in [2.24, 2.45) is 28.6 Å². The van der Waals surface area contributed by atoms with Gasteiger partial charge in [0.2, 0.25) is 0 Å². The van der Waals surface area contributed by atoms with Gasteiger partial charge in [-0.2, -0.15) is 11.8 Å². The van der Waals surface area contributed by atoms with Crippen LogP contribution in [0.3, 0.4) is 0 Å². The van der Waals surface area contributed by atoms with Crippen LogP contribution in [0.25, 0.3) is 0 Å². The van der Waals surface area contributed by atoms with E-state index in [4.69, 9.17) is 0 Å². The zero-order valence-electron chi connectivity index (χ0n) is 26.6. The van der Waals surface area contributed by atoms with Gasteiger partial charge in [0.15, 0.2) is 0 Å². The molecule has 4 bridgehead atoms. The summed E-state index contributed by atoms with van der Waals surface area (Å²) in [6, 6.07) is 4.89. The van der Waals surface area contributed by atoms with Crippen LogP contribution in [-0.4, -0.2) is 10.4 Å². The van der Waals surface area contributed by atoms with E-state index in [0.29, 0.717) is 16.6 Å². The molecule has 0 amide bonds. The molecule has 39 heavy (non-hydrogen) atoms. The van der Waals surface area contributed by atoms with E-state index >= 15 is 0 Å². The van der Waals surface area contributed by atoms with Gasteiger partial charge in [0.05, 0.1) is 0 Å². The predicted octanol–water partition coefficient (Wildman–Crippen LogP) is 11.3. The van der Waals surface area contributed by atoms with Crippen molar-refractivity contribution in [2.75, 3.05) is 0 Å². The maximum absolute atomic E-state index is 12.2. The van der Waals surface area contributed by atoms with E-state index in [2.05, 4.69) is 72.4 Å². The third kappa shape index (κ3) is 6.41. The zero-order chi connectivity index (χ0) is 28.1. The summed E-state index contributed by atoms with van der Waals surface area (Å²) in [6.07, 6.45) is 20.7. The Balaban J connectivity index is 1.53. The number of phenolic OH excluding ortho intramolecular Hbond substituents is 1. The third-order valence-corrected chi connectivity index (χ3v) is 12.6. The average Bonchev–Trinajstić information content (AvgIpc) is 2.75. The summed E-state index contributed by atoms with van der Waals surface area (Å²) >= 11 is 2.15. The summed E-state index contributed by atoms with van der Waals surface area (Å²) in [5.41, 5.74) is 5.23. The number of rotatable bonds is 8. The highest BCUT2D eigenvalue weighted by Crippen LogP contribution is 2.73. The highest BCUT2D eigenvalue weighted by molar-refractivity contribution is 7.99. The van der Waals surface area contributed by atoms with E-state index in [0.717, 1.165) is 28.8 Å². The molecule has 1 N–H and O–H groups in total. The van der Waals surface area contributed by atoms with Crippen LogP contribution in [0.1, 0.15) is 161 Å². The number of hydrogen-bond donors (Lipinski definition) is 1. The third-order valence-electron chi connectivity index (χ3n) is 11.1. The minimum atomic E-state index is 0.0929. The molecule has 5 aliphatic carbocycles. The lowest BCUT2D eigenvalue weighted by atomic mass is 9.36. The Morgan fingerprint density at radius 3 is 1.92 bits per heavy atom. The van der Waals surface area contributed by atoms with E-state index in [9.17, 15) is 5.11 Å². The molecule has 5 fully saturated rings. The second-order valence-electron chi connectivity index (χ2n) is 17.0. The van der Waals surface area contributed by atoms with E-state index in [-0.39, 0.29) is 10.8 Å². The first-order valence-corrected chi connectivity index (χ1v) is 17.9. The average molecular weight is 553 g/mol. The molecule has 5 aliphatic rings. The van der Waals surface area contributed by atoms with Gasteiger partial charge in [0.1, 0.15) is 5.75 Å². The number of thioether (sulfide) groups is 1. The Labute approximate surface area is 246 Å². The smallest absolute Gasteiger partial charge is 0.123 e. The van der Waals surface area contributed by atoms with Crippen LogP contribution < -0.4 is 0 Å². The maximum Gasteiger partial charge on any atom is 0.123 e. The fraction of sp³-hybridized carbons (Fsp3) is 0.838. The van der Waals surface area contributed by atoms with E-state index in [1.54, 1.807) is 0 Å². The van der Waals surface area contributed by atoms with Gasteiger partial charge in [-0.15, -0.1) is 0 Å². The van der Waals surface area contributed by atoms with Crippen LogP contribution in [0, 0.1) is 28.6 Å². The molecule has 2 heteroatoms. The molecule has 0 spiro atoms. The first-order valence-electron chi connectivity index (χ1n) is 16.8. The maximum atomic E-state index is 12.2. The fourth-order valence-corrected chi connectivity index (χ4v) is 12.1. The summed E-state index contributed by atoms with van der Waals surface area (Å²) in [7, 11) is 0. The standard InChI is InChI=1S/C37H60OS/c1-26(2)17-35-19-28-20-36(23-35,18-27(3)4)25-37(21-28,24-35)32-16-30(34(5,6)7)15-29(33(32)38)22-39-31-13-11-9-8-10-12-14-31/h15-16,26-28,31,38H,8-14,17-25H2,1-7H3. The van der Waals surface area contributed by atoms with Crippen LogP contribution in [-0.2, 0) is 16.6 Å². The van der Waals surface area contributed by atoms with Crippen molar-refractivity contribution >= 4 is 11.8 Å². The normalized spacial score (nSPS) is 33.6. The van der Waals surface area contributed by atoms with Crippen LogP contribution in [0.15, 0.2) is 12.1 Å². The first-order chi connectivity index (χ1) is 18.3. The quantitative estimate of drug-likeness (QED) is 0.346. The lowest BCUT2D eigenvalue weighted by Gasteiger charge is -2.68. The molecule has 0 radical (unpaired) electrons. The van der Waals surface area contributed by atoms with Crippen LogP contribution in [0.5, 0.6) is 5.75 Å². The van der Waals surface area contributed by atoms with Gasteiger partial charge in [-0.3, -0.25) is 0 Å². The molecule has 6 rings (SSSR count). The number of benzene rings is 1. The van der Waals surface area contributed by atoms with Gasteiger partial charge in [-0.25, -0.2) is 0 Å². The Bertz CT molecular complexity index is 957. The summed E-state index contributed by atoms with van der Waals surface area (Å²) in [6.45, 7) is 16.9. The molecule has 2 atom stereocenters. The molecule has 2 unspecified atom stereocenters. The summed E-state index contributed by atoms with van der Waals surface area (Å²) in [5.74, 6) is 3.99.